The molecule has 29 heavy (non-hydrogen) atoms. The third-order valence-corrected chi connectivity index (χ3v) is 4.49. The second-order valence-corrected chi connectivity index (χ2v) is 6.64. The standard InChI is InChI=1S/C20H22N6O3/c27-20(23-11-15-3-8-19(22-10-15)26-14-21-13-24-26)25-16-4-6-17(7-5-16)29-12-18-2-1-9-28-18/h3-8,10,13-14,18H,1-2,9,11-12H2,(H2,23,25,27)/t18-/m0/s1. The van der Waals surface area contributed by atoms with E-state index in [1.165, 1.54) is 6.33 Å². The van der Waals surface area contributed by atoms with Gasteiger partial charge in [0.1, 0.15) is 25.0 Å². The van der Waals surface area contributed by atoms with Crippen molar-refractivity contribution in [2.45, 2.75) is 25.5 Å². The first-order valence-electron chi connectivity index (χ1n) is 9.45. The van der Waals surface area contributed by atoms with Crippen molar-refractivity contribution in [3.05, 3.63) is 60.8 Å². The number of anilines is 1. The minimum atomic E-state index is -0.293. The summed E-state index contributed by atoms with van der Waals surface area (Å²) in [5, 5.41) is 9.63. The number of rotatable bonds is 7. The van der Waals surface area contributed by atoms with Gasteiger partial charge in [0.15, 0.2) is 5.82 Å². The number of urea groups is 1. The molecule has 150 valence electrons. The maximum Gasteiger partial charge on any atom is 0.319 e. The van der Waals surface area contributed by atoms with Crippen LogP contribution in [-0.4, -0.2) is 45.1 Å². The minimum absolute atomic E-state index is 0.179. The van der Waals surface area contributed by atoms with Crippen molar-refractivity contribution < 1.29 is 14.3 Å². The molecule has 4 rings (SSSR count). The van der Waals surface area contributed by atoms with E-state index in [9.17, 15) is 4.79 Å². The Balaban J connectivity index is 1.22. The molecule has 2 aromatic heterocycles. The van der Waals surface area contributed by atoms with E-state index < -0.39 is 0 Å². The zero-order chi connectivity index (χ0) is 19.9. The van der Waals surface area contributed by atoms with Crippen LogP contribution in [0.5, 0.6) is 5.75 Å². The van der Waals surface area contributed by atoms with Crippen molar-refractivity contribution in [2.24, 2.45) is 0 Å². The quantitative estimate of drug-likeness (QED) is 0.638. The number of pyridine rings is 1. The summed E-state index contributed by atoms with van der Waals surface area (Å²) in [5.74, 6) is 1.42. The summed E-state index contributed by atoms with van der Waals surface area (Å²) in [7, 11) is 0. The fraction of sp³-hybridized carbons (Fsp3) is 0.300. The average Bonchev–Trinajstić information content (AvgIpc) is 3.46. The highest BCUT2D eigenvalue weighted by Gasteiger charge is 2.15. The van der Waals surface area contributed by atoms with Crippen LogP contribution in [0.1, 0.15) is 18.4 Å². The van der Waals surface area contributed by atoms with Crippen molar-refractivity contribution in [3.8, 4) is 11.6 Å². The lowest BCUT2D eigenvalue weighted by atomic mass is 10.2. The lowest BCUT2D eigenvalue weighted by molar-refractivity contribution is 0.0679. The largest absolute Gasteiger partial charge is 0.491 e. The lowest BCUT2D eigenvalue weighted by Gasteiger charge is -2.12. The number of benzene rings is 1. The van der Waals surface area contributed by atoms with Crippen molar-refractivity contribution in [1.29, 1.82) is 0 Å². The second-order valence-electron chi connectivity index (χ2n) is 6.64. The molecule has 1 atom stereocenters. The first-order chi connectivity index (χ1) is 14.3. The number of hydrogen-bond donors (Lipinski definition) is 2. The Morgan fingerprint density at radius 1 is 1.24 bits per heavy atom. The van der Waals surface area contributed by atoms with Gasteiger partial charge in [0.05, 0.1) is 6.10 Å². The predicted molar refractivity (Wildman–Crippen MR) is 106 cm³/mol. The van der Waals surface area contributed by atoms with Crippen molar-refractivity contribution in [2.75, 3.05) is 18.5 Å². The molecule has 1 aliphatic rings. The van der Waals surface area contributed by atoms with Crippen LogP contribution in [0.4, 0.5) is 10.5 Å². The summed E-state index contributed by atoms with van der Waals surface area (Å²) in [6.45, 7) is 1.73. The number of amides is 2. The van der Waals surface area contributed by atoms with E-state index in [0.717, 1.165) is 30.8 Å². The molecule has 0 unspecified atom stereocenters. The van der Waals surface area contributed by atoms with Crippen LogP contribution >= 0.6 is 0 Å². The highest BCUT2D eigenvalue weighted by molar-refractivity contribution is 5.89. The Morgan fingerprint density at radius 2 is 2.14 bits per heavy atom. The van der Waals surface area contributed by atoms with Gasteiger partial charge in [0, 0.05) is 25.0 Å². The molecule has 0 saturated carbocycles. The second kappa shape index (κ2) is 9.16. The van der Waals surface area contributed by atoms with Gasteiger partial charge in [0.25, 0.3) is 0 Å². The fourth-order valence-electron chi connectivity index (χ4n) is 2.94. The molecule has 0 spiro atoms. The number of nitrogens with zero attached hydrogens (tertiary/aromatic N) is 4. The average molecular weight is 394 g/mol. The number of aromatic nitrogens is 4. The smallest absolute Gasteiger partial charge is 0.319 e. The van der Waals surface area contributed by atoms with Gasteiger partial charge in [0.2, 0.25) is 0 Å². The van der Waals surface area contributed by atoms with Gasteiger partial charge in [-0.05, 0) is 48.7 Å². The highest BCUT2D eigenvalue weighted by atomic mass is 16.5. The van der Waals surface area contributed by atoms with E-state index in [1.807, 2.05) is 24.3 Å². The molecule has 0 aliphatic carbocycles. The molecule has 1 aliphatic heterocycles. The molecular formula is C20H22N6O3. The van der Waals surface area contributed by atoms with Crippen LogP contribution in [0.2, 0.25) is 0 Å². The zero-order valence-corrected chi connectivity index (χ0v) is 15.8. The molecule has 1 fully saturated rings. The van der Waals surface area contributed by atoms with Crippen molar-refractivity contribution in [3.63, 3.8) is 0 Å². The molecule has 2 amide bonds. The van der Waals surface area contributed by atoms with Crippen LogP contribution in [0, 0.1) is 0 Å². The molecule has 1 saturated heterocycles. The Kier molecular flexibility index (Phi) is 5.96. The van der Waals surface area contributed by atoms with E-state index >= 15 is 0 Å². The number of ether oxygens (including phenoxy) is 2. The van der Waals surface area contributed by atoms with E-state index in [1.54, 1.807) is 29.3 Å². The molecule has 0 radical (unpaired) electrons. The van der Waals surface area contributed by atoms with Gasteiger partial charge >= 0.3 is 6.03 Å². The maximum absolute atomic E-state index is 12.1. The predicted octanol–water partition coefficient (Wildman–Crippen LogP) is 2.54. The zero-order valence-electron chi connectivity index (χ0n) is 15.8. The topological polar surface area (TPSA) is 103 Å². The normalized spacial score (nSPS) is 15.8. The summed E-state index contributed by atoms with van der Waals surface area (Å²) >= 11 is 0. The van der Waals surface area contributed by atoms with Gasteiger partial charge < -0.3 is 20.1 Å². The Labute approximate surface area is 168 Å². The van der Waals surface area contributed by atoms with Gasteiger partial charge in [-0.2, -0.15) is 5.10 Å². The molecule has 1 aromatic carbocycles. The van der Waals surface area contributed by atoms with Gasteiger partial charge in [-0.25, -0.2) is 19.4 Å². The van der Waals surface area contributed by atoms with Gasteiger partial charge in [-0.3, -0.25) is 0 Å². The van der Waals surface area contributed by atoms with Crippen LogP contribution in [0.15, 0.2) is 55.2 Å². The third kappa shape index (κ3) is 5.29. The number of hydrogen-bond acceptors (Lipinski definition) is 6. The van der Waals surface area contributed by atoms with Crippen molar-refractivity contribution in [1.82, 2.24) is 25.1 Å². The first kappa shape index (κ1) is 18.9. The molecule has 2 N–H and O–H groups in total. The maximum atomic E-state index is 12.1. The molecule has 3 aromatic rings. The number of carbonyl (C=O) groups is 1. The lowest BCUT2D eigenvalue weighted by Crippen LogP contribution is -2.28. The molecular weight excluding hydrogens is 372 g/mol. The highest BCUT2D eigenvalue weighted by Crippen LogP contribution is 2.18. The summed E-state index contributed by atoms with van der Waals surface area (Å²) in [6, 6.07) is 10.7. The summed E-state index contributed by atoms with van der Waals surface area (Å²) in [4.78, 5) is 20.3. The Bertz CT molecular complexity index is 906. The minimum Gasteiger partial charge on any atom is -0.491 e. The van der Waals surface area contributed by atoms with E-state index in [-0.39, 0.29) is 12.1 Å². The number of nitrogens with one attached hydrogen (secondary N) is 2. The molecule has 3 heterocycles. The monoisotopic (exact) mass is 394 g/mol. The Hall–Kier alpha value is -3.46. The van der Waals surface area contributed by atoms with E-state index in [0.29, 0.717) is 24.7 Å². The fourth-order valence-corrected chi connectivity index (χ4v) is 2.94. The molecule has 0 bridgehead atoms. The first-order valence-corrected chi connectivity index (χ1v) is 9.45. The summed E-state index contributed by atoms with van der Waals surface area (Å²) in [5.41, 5.74) is 1.56. The Morgan fingerprint density at radius 3 is 2.83 bits per heavy atom. The van der Waals surface area contributed by atoms with Crippen LogP contribution in [0.25, 0.3) is 5.82 Å². The van der Waals surface area contributed by atoms with Gasteiger partial charge in [-0.1, -0.05) is 6.07 Å². The summed E-state index contributed by atoms with van der Waals surface area (Å²) in [6.07, 6.45) is 7.03. The van der Waals surface area contributed by atoms with Crippen LogP contribution < -0.4 is 15.4 Å². The molecule has 9 nitrogen and oxygen atoms in total. The number of carbonyl (C=O) groups excluding carboxylic acids is 1. The summed E-state index contributed by atoms with van der Waals surface area (Å²) < 4.78 is 12.8. The van der Waals surface area contributed by atoms with Crippen LogP contribution in [0.3, 0.4) is 0 Å². The van der Waals surface area contributed by atoms with Crippen LogP contribution in [-0.2, 0) is 11.3 Å². The van der Waals surface area contributed by atoms with Gasteiger partial charge in [-0.15, -0.1) is 0 Å². The van der Waals surface area contributed by atoms with Crippen molar-refractivity contribution >= 4 is 11.7 Å². The SMILES string of the molecule is O=C(NCc1ccc(-n2cncn2)nc1)Nc1ccc(OC[C@@H]2CCCO2)cc1. The van der Waals surface area contributed by atoms with E-state index in [2.05, 4.69) is 25.7 Å². The van der Waals surface area contributed by atoms with E-state index in [4.69, 9.17) is 9.47 Å². The molecule has 9 heteroatoms. The third-order valence-electron chi connectivity index (χ3n) is 4.49.